The largest absolute Gasteiger partial charge is 0.493 e. The molecule has 0 saturated heterocycles. The average molecular weight is 327 g/mol. The van der Waals surface area contributed by atoms with E-state index in [9.17, 15) is 4.39 Å². The van der Waals surface area contributed by atoms with Crippen LogP contribution in [0.3, 0.4) is 0 Å². The van der Waals surface area contributed by atoms with Gasteiger partial charge in [0.25, 0.3) is 0 Å². The van der Waals surface area contributed by atoms with Crippen LogP contribution >= 0.6 is 27.7 Å². The minimum atomic E-state index is -0.277. The van der Waals surface area contributed by atoms with Crippen molar-refractivity contribution in [1.29, 1.82) is 0 Å². The molecule has 0 atom stereocenters. The van der Waals surface area contributed by atoms with E-state index >= 15 is 0 Å². The first-order valence-electron chi connectivity index (χ1n) is 5.51. The molecule has 0 amide bonds. The van der Waals surface area contributed by atoms with E-state index in [1.807, 2.05) is 18.2 Å². The fourth-order valence-corrected chi connectivity index (χ4v) is 2.51. The highest BCUT2D eigenvalue weighted by Gasteiger charge is 2.01. The van der Waals surface area contributed by atoms with Crippen molar-refractivity contribution in [3.8, 4) is 5.75 Å². The molecule has 0 unspecified atom stereocenters. The minimum Gasteiger partial charge on any atom is -0.493 e. The Morgan fingerprint density at radius 3 is 2.61 bits per heavy atom. The van der Waals surface area contributed by atoms with E-state index in [4.69, 9.17) is 4.74 Å². The van der Waals surface area contributed by atoms with E-state index in [-0.39, 0.29) is 5.82 Å². The molecule has 0 fully saturated rings. The van der Waals surface area contributed by atoms with Crippen molar-refractivity contribution in [1.82, 2.24) is 0 Å². The maximum atomic E-state index is 13.0. The van der Waals surface area contributed by atoms with Crippen molar-refractivity contribution < 1.29 is 9.13 Å². The second kappa shape index (κ2) is 6.81. The molecule has 0 heterocycles. The van der Waals surface area contributed by atoms with Gasteiger partial charge in [-0.2, -0.15) is 0 Å². The third-order valence-electron chi connectivity index (χ3n) is 2.26. The maximum absolute atomic E-state index is 13.0. The van der Waals surface area contributed by atoms with Crippen LogP contribution in [0, 0.1) is 5.82 Å². The number of benzene rings is 2. The van der Waals surface area contributed by atoms with Crippen LogP contribution < -0.4 is 4.74 Å². The average Bonchev–Trinajstić information content (AvgIpc) is 2.40. The topological polar surface area (TPSA) is 9.23 Å². The zero-order valence-electron chi connectivity index (χ0n) is 9.61. The normalized spacial score (nSPS) is 10.3. The summed E-state index contributed by atoms with van der Waals surface area (Å²) in [6.45, 7) is 0.595. The van der Waals surface area contributed by atoms with Crippen LogP contribution in [0.4, 0.5) is 4.39 Å². The number of thioether (sulfide) groups is 1. The zero-order chi connectivity index (χ0) is 12.8. The Bertz CT molecular complexity index is 504. The Hall–Kier alpha value is -1.00. The lowest BCUT2D eigenvalue weighted by Crippen LogP contribution is -2.00. The highest BCUT2D eigenvalue weighted by atomic mass is 79.9. The van der Waals surface area contributed by atoms with Crippen molar-refractivity contribution >= 4 is 27.7 Å². The number of halogens is 2. The van der Waals surface area contributed by atoms with Gasteiger partial charge in [-0.1, -0.05) is 18.2 Å². The van der Waals surface area contributed by atoms with E-state index in [2.05, 4.69) is 28.1 Å². The van der Waals surface area contributed by atoms with Gasteiger partial charge in [-0.05, 0) is 46.3 Å². The van der Waals surface area contributed by atoms with Crippen molar-refractivity contribution in [2.24, 2.45) is 0 Å². The molecule has 0 N–H and O–H groups in total. The molecule has 0 saturated carbocycles. The lowest BCUT2D eigenvalue weighted by atomic mass is 10.3. The molecule has 0 bridgehead atoms. The van der Waals surface area contributed by atoms with Gasteiger partial charge >= 0.3 is 0 Å². The summed E-state index contributed by atoms with van der Waals surface area (Å²) >= 11 is 4.87. The van der Waals surface area contributed by atoms with Crippen molar-refractivity contribution in [3.05, 3.63) is 58.8 Å². The van der Waals surface area contributed by atoms with E-state index < -0.39 is 0 Å². The summed E-state index contributed by atoms with van der Waals surface area (Å²) in [5.74, 6) is 1.26. The molecule has 1 nitrogen and oxygen atoms in total. The van der Waals surface area contributed by atoms with Gasteiger partial charge in [0, 0.05) is 10.6 Å². The second-order valence-electron chi connectivity index (χ2n) is 3.59. The standard InChI is InChI=1S/C14H12BrFOS/c15-13-10-11(6-7-14(13)16)17-8-9-18-12-4-2-1-3-5-12/h1-7,10H,8-9H2. The summed E-state index contributed by atoms with van der Waals surface area (Å²) in [6.07, 6.45) is 0. The highest BCUT2D eigenvalue weighted by Crippen LogP contribution is 2.22. The van der Waals surface area contributed by atoms with Crippen molar-refractivity contribution in [3.63, 3.8) is 0 Å². The Morgan fingerprint density at radius 1 is 1.11 bits per heavy atom. The van der Waals surface area contributed by atoms with Crippen LogP contribution in [0.1, 0.15) is 0 Å². The maximum Gasteiger partial charge on any atom is 0.137 e. The third kappa shape index (κ3) is 4.03. The number of rotatable bonds is 5. The molecular formula is C14H12BrFOS. The summed E-state index contributed by atoms with van der Waals surface area (Å²) in [5.41, 5.74) is 0. The van der Waals surface area contributed by atoms with Gasteiger partial charge in [-0.3, -0.25) is 0 Å². The highest BCUT2D eigenvalue weighted by molar-refractivity contribution is 9.10. The number of hydrogen-bond acceptors (Lipinski definition) is 2. The summed E-state index contributed by atoms with van der Waals surface area (Å²) in [5, 5.41) is 0. The molecule has 2 aromatic carbocycles. The summed E-state index contributed by atoms with van der Waals surface area (Å²) < 4.78 is 19.0. The van der Waals surface area contributed by atoms with Crippen molar-refractivity contribution in [2.75, 3.05) is 12.4 Å². The third-order valence-corrected chi connectivity index (χ3v) is 3.84. The van der Waals surface area contributed by atoms with Gasteiger partial charge in [0.1, 0.15) is 11.6 Å². The lowest BCUT2D eigenvalue weighted by Gasteiger charge is -2.06. The minimum absolute atomic E-state index is 0.277. The Labute approximate surface area is 118 Å². The molecule has 0 aliphatic carbocycles. The molecular weight excluding hydrogens is 315 g/mol. The van der Waals surface area contributed by atoms with Gasteiger partial charge in [-0.25, -0.2) is 4.39 Å². The first-order valence-corrected chi connectivity index (χ1v) is 7.29. The Balaban J connectivity index is 1.77. The lowest BCUT2D eigenvalue weighted by molar-refractivity contribution is 0.343. The molecule has 18 heavy (non-hydrogen) atoms. The molecule has 2 aromatic rings. The van der Waals surface area contributed by atoms with Crippen LogP contribution in [0.25, 0.3) is 0 Å². The molecule has 0 aliphatic rings. The Kier molecular flexibility index (Phi) is 5.08. The van der Waals surface area contributed by atoms with Gasteiger partial charge in [0.15, 0.2) is 0 Å². The van der Waals surface area contributed by atoms with Crippen LogP contribution in [0.15, 0.2) is 57.9 Å². The van der Waals surface area contributed by atoms with E-state index in [1.165, 1.54) is 11.0 Å². The quantitative estimate of drug-likeness (QED) is 0.578. The van der Waals surface area contributed by atoms with Crippen molar-refractivity contribution in [2.45, 2.75) is 4.90 Å². The van der Waals surface area contributed by atoms with Crippen LogP contribution in [-0.2, 0) is 0 Å². The molecule has 4 heteroatoms. The fourth-order valence-electron chi connectivity index (χ4n) is 1.40. The predicted octanol–water partition coefficient (Wildman–Crippen LogP) is 4.76. The van der Waals surface area contributed by atoms with Gasteiger partial charge < -0.3 is 4.74 Å². The van der Waals surface area contributed by atoms with Crippen LogP contribution in [0.5, 0.6) is 5.75 Å². The molecule has 2 rings (SSSR count). The molecule has 0 aliphatic heterocycles. The second-order valence-corrected chi connectivity index (χ2v) is 5.61. The molecule has 94 valence electrons. The van der Waals surface area contributed by atoms with Gasteiger partial charge in [0.05, 0.1) is 11.1 Å². The predicted molar refractivity (Wildman–Crippen MR) is 76.8 cm³/mol. The van der Waals surface area contributed by atoms with Gasteiger partial charge in [0.2, 0.25) is 0 Å². The molecule has 0 spiro atoms. The first-order chi connectivity index (χ1) is 8.75. The van der Waals surface area contributed by atoms with Crippen LogP contribution in [-0.4, -0.2) is 12.4 Å². The summed E-state index contributed by atoms with van der Waals surface area (Å²) in [7, 11) is 0. The number of ether oxygens (including phenoxy) is 1. The summed E-state index contributed by atoms with van der Waals surface area (Å²) in [6, 6.07) is 14.8. The van der Waals surface area contributed by atoms with Crippen LogP contribution in [0.2, 0.25) is 0 Å². The number of hydrogen-bond donors (Lipinski definition) is 0. The monoisotopic (exact) mass is 326 g/mol. The summed E-state index contributed by atoms with van der Waals surface area (Å²) in [4.78, 5) is 1.22. The Morgan fingerprint density at radius 2 is 1.89 bits per heavy atom. The van der Waals surface area contributed by atoms with Gasteiger partial charge in [-0.15, -0.1) is 11.8 Å². The smallest absolute Gasteiger partial charge is 0.137 e. The zero-order valence-corrected chi connectivity index (χ0v) is 12.0. The molecule has 0 radical (unpaired) electrons. The van der Waals surface area contributed by atoms with E-state index in [1.54, 1.807) is 23.9 Å². The fraction of sp³-hybridized carbons (Fsp3) is 0.143. The van der Waals surface area contributed by atoms with E-state index in [0.717, 1.165) is 5.75 Å². The van der Waals surface area contributed by atoms with E-state index in [0.29, 0.717) is 16.8 Å². The SMILES string of the molecule is Fc1ccc(OCCSc2ccccc2)cc1Br. The first kappa shape index (κ1) is 13.4. The molecule has 0 aromatic heterocycles.